The number of carbonyl (C=O) groups is 2. The number of aromatic nitrogens is 2. The molecule has 2 amide bonds. The highest BCUT2D eigenvalue weighted by molar-refractivity contribution is 5.91. The van der Waals surface area contributed by atoms with Crippen LogP contribution in [0.5, 0.6) is 0 Å². The molecule has 0 bridgehead atoms. The summed E-state index contributed by atoms with van der Waals surface area (Å²) >= 11 is 0. The summed E-state index contributed by atoms with van der Waals surface area (Å²) < 4.78 is 2.45. The van der Waals surface area contributed by atoms with Crippen molar-refractivity contribution in [3.8, 4) is 0 Å². The summed E-state index contributed by atoms with van der Waals surface area (Å²) in [5.74, 6) is -0.227. The van der Waals surface area contributed by atoms with E-state index in [0.29, 0.717) is 29.6 Å². The van der Waals surface area contributed by atoms with Gasteiger partial charge in [0.15, 0.2) is 0 Å². The van der Waals surface area contributed by atoms with Gasteiger partial charge in [-0.25, -0.2) is 4.79 Å². The number of likely N-dealkylation sites (tertiary alicyclic amines) is 1. The normalized spacial score (nSPS) is 13.7. The number of fused-ring (bicyclic) bond motifs is 1. The van der Waals surface area contributed by atoms with E-state index in [1.807, 2.05) is 18.2 Å². The number of hydrogen-bond donors (Lipinski definition) is 1. The lowest BCUT2D eigenvalue weighted by Gasteiger charge is -2.16. The Balaban J connectivity index is 1.57. The van der Waals surface area contributed by atoms with Gasteiger partial charge in [-0.1, -0.05) is 24.3 Å². The van der Waals surface area contributed by atoms with E-state index in [4.69, 9.17) is 0 Å². The van der Waals surface area contributed by atoms with Gasteiger partial charge in [-0.15, -0.1) is 0 Å². The van der Waals surface area contributed by atoms with Crippen molar-refractivity contribution in [2.24, 2.45) is 0 Å². The third-order valence-corrected chi connectivity index (χ3v) is 5.51. The van der Waals surface area contributed by atoms with Gasteiger partial charge in [-0.3, -0.25) is 23.5 Å². The number of amides is 2. The molecule has 1 saturated heterocycles. The number of hydrogen-bond acceptors (Lipinski definition) is 4. The van der Waals surface area contributed by atoms with E-state index < -0.39 is 5.69 Å². The Morgan fingerprint density at radius 3 is 2.58 bits per heavy atom. The van der Waals surface area contributed by atoms with Crippen molar-refractivity contribution in [2.45, 2.75) is 39.4 Å². The second-order valence-corrected chi connectivity index (χ2v) is 7.60. The number of rotatable bonds is 6. The molecule has 1 N–H and O–H groups in total. The minimum atomic E-state index is -0.511. The summed E-state index contributed by atoms with van der Waals surface area (Å²) in [6.07, 6.45) is 1.46. The SMILES string of the molecule is CCn1c(=O)c2ccccc2n(CC(=O)Nc2cccc(CN3CCCC3=O)c2)c1=O. The molecule has 2 aromatic carbocycles. The van der Waals surface area contributed by atoms with Crippen LogP contribution in [0, 0.1) is 0 Å². The molecule has 0 aliphatic carbocycles. The molecule has 1 fully saturated rings. The first-order chi connectivity index (χ1) is 15.0. The summed E-state index contributed by atoms with van der Waals surface area (Å²) in [5, 5.41) is 3.22. The minimum Gasteiger partial charge on any atom is -0.338 e. The molecule has 2 heterocycles. The predicted octanol–water partition coefficient (Wildman–Crippen LogP) is 1.94. The van der Waals surface area contributed by atoms with Crippen molar-refractivity contribution in [3.63, 3.8) is 0 Å². The quantitative estimate of drug-likeness (QED) is 0.660. The summed E-state index contributed by atoms with van der Waals surface area (Å²) in [4.78, 5) is 51.8. The van der Waals surface area contributed by atoms with Crippen molar-refractivity contribution in [1.29, 1.82) is 0 Å². The lowest BCUT2D eigenvalue weighted by Crippen LogP contribution is -2.41. The third-order valence-electron chi connectivity index (χ3n) is 5.51. The average molecular weight is 420 g/mol. The van der Waals surface area contributed by atoms with Crippen molar-refractivity contribution in [2.75, 3.05) is 11.9 Å². The van der Waals surface area contributed by atoms with Gasteiger partial charge in [0.05, 0.1) is 10.9 Å². The summed E-state index contributed by atoms with van der Waals surface area (Å²) in [5.41, 5.74) is 1.08. The maximum Gasteiger partial charge on any atom is 0.331 e. The summed E-state index contributed by atoms with van der Waals surface area (Å²) in [7, 11) is 0. The van der Waals surface area contributed by atoms with Crippen LogP contribution >= 0.6 is 0 Å². The second kappa shape index (κ2) is 8.59. The highest BCUT2D eigenvalue weighted by Crippen LogP contribution is 2.17. The molecule has 0 atom stereocenters. The first-order valence-electron chi connectivity index (χ1n) is 10.4. The van der Waals surface area contributed by atoms with E-state index >= 15 is 0 Å². The molecule has 0 spiro atoms. The standard InChI is InChI=1S/C23H24N4O4/c1-2-26-22(30)18-9-3-4-10-19(18)27(23(26)31)15-20(28)24-17-8-5-7-16(13-17)14-25-12-6-11-21(25)29/h3-5,7-10,13H,2,6,11-12,14-15H2,1H3,(H,24,28). The van der Waals surface area contributed by atoms with Crippen molar-refractivity contribution >= 4 is 28.4 Å². The number of nitrogens with zero attached hydrogens (tertiary/aromatic N) is 3. The molecule has 0 saturated carbocycles. The van der Waals surface area contributed by atoms with E-state index in [0.717, 1.165) is 23.1 Å². The van der Waals surface area contributed by atoms with Gasteiger partial charge in [0.25, 0.3) is 5.56 Å². The molecule has 0 radical (unpaired) electrons. The predicted molar refractivity (Wildman–Crippen MR) is 118 cm³/mol. The maximum absolute atomic E-state index is 12.8. The van der Waals surface area contributed by atoms with Crippen molar-refractivity contribution in [3.05, 3.63) is 74.9 Å². The van der Waals surface area contributed by atoms with Gasteiger partial charge in [-0.2, -0.15) is 0 Å². The minimum absolute atomic E-state index is 0.145. The van der Waals surface area contributed by atoms with E-state index in [1.165, 1.54) is 4.57 Å². The molecule has 4 rings (SSSR count). The number of benzene rings is 2. The van der Waals surface area contributed by atoms with Crippen molar-refractivity contribution in [1.82, 2.24) is 14.0 Å². The summed E-state index contributed by atoms with van der Waals surface area (Å²) in [6.45, 7) is 2.99. The highest BCUT2D eigenvalue weighted by atomic mass is 16.2. The zero-order valence-corrected chi connectivity index (χ0v) is 17.3. The van der Waals surface area contributed by atoms with E-state index in [1.54, 1.807) is 42.2 Å². The second-order valence-electron chi connectivity index (χ2n) is 7.60. The van der Waals surface area contributed by atoms with Gasteiger partial charge >= 0.3 is 5.69 Å². The zero-order chi connectivity index (χ0) is 22.0. The lowest BCUT2D eigenvalue weighted by atomic mass is 10.2. The van der Waals surface area contributed by atoms with Crippen LogP contribution in [-0.2, 0) is 29.2 Å². The van der Waals surface area contributed by atoms with Crippen LogP contribution in [-0.4, -0.2) is 32.4 Å². The smallest absolute Gasteiger partial charge is 0.331 e. The zero-order valence-electron chi connectivity index (χ0n) is 17.3. The Bertz CT molecular complexity index is 1270. The Morgan fingerprint density at radius 1 is 1.03 bits per heavy atom. The van der Waals surface area contributed by atoms with Gasteiger partial charge < -0.3 is 10.2 Å². The van der Waals surface area contributed by atoms with Crippen LogP contribution in [0.3, 0.4) is 0 Å². The van der Waals surface area contributed by atoms with Crippen LogP contribution in [0.15, 0.2) is 58.1 Å². The number of nitrogens with one attached hydrogen (secondary N) is 1. The largest absolute Gasteiger partial charge is 0.338 e. The van der Waals surface area contributed by atoms with Gasteiger partial charge in [0.1, 0.15) is 6.54 Å². The van der Waals surface area contributed by atoms with Crippen LogP contribution < -0.4 is 16.6 Å². The molecule has 8 heteroatoms. The van der Waals surface area contributed by atoms with Gasteiger partial charge in [0.2, 0.25) is 11.8 Å². The van der Waals surface area contributed by atoms with Crippen LogP contribution in [0.25, 0.3) is 10.9 Å². The van der Waals surface area contributed by atoms with E-state index in [2.05, 4.69) is 5.32 Å². The molecule has 1 aliphatic rings. The Labute approximate surface area is 178 Å². The van der Waals surface area contributed by atoms with Crippen molar-refractivity contribution < 1.29 is 9.59 Å². The number of para-hydroxylation sites is 1. The highest BCUT2D eigenvalue weighted by Gasteiger charge is 2.20. The molecule has 0 unspecified atom stereocenters. The van der Waals surface area contributed by atoms with Gasteiger partial charge in [0, 0.05) is 31.7 Å². The average Bonchev–Trinajstić information content (AvgIpc) is 3.16. The molecule has 1 aliphatic heterocycles. The fourth-order valence-electron chi connectivity index (χ4n) is 3.99. The molecular weight excluding hydrogens is 396 g/mol. The molecular formula is C23H24N4O4. The first-order valence-corrected chi connectivity index (χ1v) is 10.4. The Kier molecular flexibility index (Phi) is 5.70. The number of carbonyl (C=O) groups excluding carboxylic acids is 2. The monoisotopic (exact) mass is 420 g/mol. The fourth-order valence-corrected chi connectivity index (χ4v) is 3.99. The van der Waals surface area contributed by atoms with Crippen LogP contribution in [0.2, 0.25) is 0 Å². The van der Waals surface area contributed by atoms with E-state index in [9.17, 15) is 19.2 Å². The topological polar surface area (TPSA) is 93.4 Å². The Hall–Kier alpha value is -3.68. The van der Waals surface area contributed by atoms with E-state index in [-0.39, 0.29) is 30.5 Å². The lowest BCUT2D eigenvalue weighted by molar-refractivity contribution is -0.128. The van der Waals surface area contributed by atoms with Crippen LogP contribution in [0.1, 0.15) is 25.3 Å². The maximum atomic E-state index is 12.8. The molecule has 160 valence electrons. The molecule has 31 heavy (non-hydrogen) atoms. The molecule has 8 nitrogen and oxygen atoms in total. The summed E-state index contributed by atoms with van der Waals surface area (Å²) in [6, 6.07) is 14.1. The Morgan fingerprint density at radius 2 is 1.84 bits per heavy atom. The number of anilines is 1. The molecule has 1 aromatic heterocycles. The third kappa shape index (κ3) is 4.14. The fraction of sp³-hybridized carbons (Fsp3) is 0.304. The first kappa shape index (κ1) is 20.6. The van der Waals surface area contributed by atoms with Gasteiger partial charge in [-0.05, 0) is 43.2 Å². The molecule has 3 aromatic rings. The van der Waals surface area contributed by atoms with Crippen LogP contribution in [0.4, 0.5) is 5.69 Å².